The van der Waals surface area contributed by atoms with Crippen LogP contribution < -0.4 is 14.8 Å². The van der Waals surface area contributed by atoms with E-state index in [1.54, 1.807) is 12.1 Å². The monoisotopic (exact) mass is 348 g/mol. The minimum atomic E-state index is -0.571. The highest BCUT2D eigenvalue weighted by molar-refractivity contribution is 6.34. The Kier molecular flexibility index (Phi) is 4.52. The van der Waals surface area contributed by atoms with Crippen molar-refractivity contribution >= 4 is 23.2 Å². The van der Waals surface area contributed by atoms with Gasteiger partial charge in [0.1, 0.15) is 12.7 Å². The fourth-order valence-electron chi connectivity index (χ4n) is 2.27. The molecule has 0 bridgehead atoms. The van der Waals surface area contributed by atoms with Gasteiger partial charge in [-0.25, -0.2) is 0 Å². The van der Waals surface area contributed by atoms with E-state index >= 15 is 0 Å². The number of carbonyl (C=O) groups is 1. The van der Waals surface area contributed by atoms with Crippen molar-refractivity contribution in [3.05, 3.63) is 63.2 Å². The number of non-ortho nitro benzene ring substituents is 1. The zero-order valence-corrected chi connectivity index (χ0v) is 13.2. The van der Waals surface area contributed by atoms with E-state index in [9.17, 15) is 14.9 Å². The number of nitro benzene ring substituents is 1. The molecule has 0 aliphatic carbocycles. The summed E-state index contributed by atoms with van der Waals surface area (Å²) in [7, 11) is 0. The zero-order valence-electron chi connectivity index (χ0n) is 12.4. The maximum absolute atomic E-state index is 12.2. The van der Waals surface area contributed by atoms with Crippen LogP contribution >= 0.6 is 11.6 Å². The Morgan fingerprint density at radius 1 is 1.29 bits per heavy atom. The van der Waals surface area contributed by atoms with Gasteiger partial charge in [0.25, 0.3) is 11.6 Å². The van der Waals surface area contributed by atoms with E-state index in [-0.39, 0.29) is 28.9 Å². The van der Waals surface area contributed by atoms with Gasteiger partial charge in [-0.3, -0.25) is 14.9 Å². The molecule has 1 aliphatic heterocycles. The number of para-hydroxylation sites is 2. The summed E-state index contributed by atoms with van der Waals surface area (Å²) in [5.41, 5.74) is -0.00318. The SMILES string of the molecule is O=C(NCC1COc2ccccc2O1)c1ccc([N+](=O)[O-])cc1Cl. The summed E-state index contributed by atoms with van der Waals surface area (Å²) in [5, 5.41) is 13.4. The lowest BCUT2D eigenvalue weighted by molar-refractivity contribution is -0.384. The average molecular weight is 349 g/mol. The second-order valence-corrected chi connectivity index (χ2v) is 5.54. The van der Waals surface area contributed by atoms with Crippen molar-refractivity contribution in [2.24, 2.45) is 0 Å². The second kappa shape index (κ2) is 6.76. The van der Waals surface area contributed by atoms with Gasteiger partial charge in [0.2, 0.25) is 0 Å². The average Bonchev–Trinajstić information content (AvgIpc) is 2.59. The van der Waals surface area contributed by atoms with Crippen LogP contribution in [-0.2, 0) is 0 Å². The van der Waals surface area contributed by atoms with Crippen LogP contribution in [0.5, 0.6) is 11.5 Å². The number of amides is 1. The number of halogens is 1. The summed E-state index contributed by atoms with van der Waals surface area (Å²) in [6, 6.07) is 11.0. The Balaban J connectivity index is 1.61. The van der Waals surface area contributed by atoms with Crippen LogP contribution in [0.4, 0.5) is 5.69 Å². The van der Waals surface area contributed by atoms with Crippen molar-refractivity contribution in [1.82, 2.24) is 5.32 Å². The van der Waals surface area contributed by atoms with Crippen LogP contribution in [0.15, 0.2) is 42.5 Å². The molecule has 2 aromatic carbocycles. The van der Waals surface area contributed by atoms with E-state index in [4.69, 9.17) is 21.1 Å². The Morgan fingerprint density at radius 3 is 2.75 bits per heavy atom. The van der Waals surface area contributed by atoms with Gasteiger partial charge in [0.05, 0.1) is 22.1 Å². The zero-order chi connectivity index (χ0) is 17.1. The lowest BCUT2D eigenvalue weighted by atomic mass is 10.2. The molecule has 0 saturated heterocycles. The molecule has 1 heterocycles. The first-order chi connectivity index (χ1) is 11.5. The summed E-state index contributed by atoms with van der Waals surface area (Å²) in [5.74, 6) is 0.854. The number of nitrogens with one attached hydrogen (secondary N) is 1. The highest BCUT2D eigenvalue weighted by Gasteiger charge is 2.22. The number of carbonyl (C=O) groups excluding carboxylic acids is 1. The highest BCUT2D eigenvalue weighted by atomic mass is 35.5. The molecule has 124 valence electrons. The molecule has 0 radical (unpaired) electrons. The Bertz CT molecular complexity index is 796. The number of hydrogen-bond acceptors (Lipinski definition) is 5. The van der Waals surface area contributed by atoms with Crippen molar-refractivity contribution in [1.29, 1.82) is 0 Å². The van der Waals surface area contributed by atoms with Gasteiger partial charge < -0.3 is 14.8 Å². The summed E-state index contributed by atoms with van der Waals surface area (Å²) < 4.78 is 11.3. The summed E-state index contributed by atoms with van der Waals surface area (Å²) in [4.78, 5) is 22.3. The summed E-state index contributed by atoms with van der Waals surface area (Å²) in [6.07, 6.45) is -0.333. The lowest BCUT2D eigenvalue weighted by Gasteiger charge is -2.26. The highest BCUT2D eigenvalue weighted by Crippen LogP contribution is 2.30. The molecule has 0 fully saturated rings. The van der Waals surface area contributed by atoms with E-state index in [0.717, 1.165) is 6.07 Å². The first-order valence-electron chi connectivity index (χ1n) is 7.15. The molecule has 0 aromatic heterocycles. The van der Waals surface area contributed by atoms with Crippen LogP contribution in [0.3, 0.4) is 0 Å². The van der Waals surface area contributed by atoms with Gasteiger partial charge in [-0.15, -0.1) is 0 Å². The topological polar surface area (TPSA) is 90.7 Å². The van der Waals surface area contributed by atoms with Crippen molar-refractivity contribution in [3.63, 3.8) is 0 Å². The van der Waals surface area contributed by atoms with Crippen LogP contribution in [0.2, 0.25) is 5.02 Å². The number of rotatable bonds is 4. The molecule has 3 rings (SSSR count). The number of nitro groups is 1. The molecule has 1 unspecified atom stereocenters. The Morgan fingerprint density at radius 2 is 2.04 bits per heavy atom. The number of hydrogen-bond donors (Lipinski definition) is 1. The van der Waals surface area contributed by atoms with Crippen molar-refractivity contribution in [2.75, 3.05) is 13.2 Å². The van der Waals surface area contributed by atoms with Gasteiger partial charge in [0.15, 0.2) is 11.5 Å². The summed E-state index contributed by atoms with van der Waals surface area (Å²) in [6.45, 7) is 0.534. The Labute approximate surface area is 142 Å². The third-order valence-corrected chi connectivity index (χ3v) is 3.78. The van der Waals surface area contributed by atoms with Crippen molar-refractivity contribution in [2.45, 2.75) is 6.10 Å². The molecular weight excluding hydrogens is 336 g/mol. The third-order valence-electron chi connectivity index (χ3n) is 3.47. The fraction of sp³-hybridized carbons (Fsp3) is 0.188. The lowest BCUT2D eigenvalue weighted by Crippen LogP contribution is -2.40. The molecule has 2 aromatic rings. The molecule has 0 saturated carbocycles. The van der Waals surface area contributed by atoms with Crippen molar-refractivity contribution in [3.8, 4) is 11.5 Å². The number of nitrogens with zero attached hydrogens (tertiary/aromatic N) is 1. The van der Waals surface area contributed by atoms with E-state index < -0.39 is 10.8 Å². The maximum Gasteiger partial charge on any atom is 0.270 e. The molecule has 8 heteroatoms. The van der Waals surface area contributed by atoms with Gasteiger partial charge in [-0.1, -0.05) is 23.7 Å². The Hall–Kier alpha value is -2.80. The minimum absolute atomic E-state index is 0.0212. The molecule has 1 atom stereocenters. The largest absolute Gasteiger partial charge is 0.486 e. The summed E-state index contributed by atoms with van der Waals surface area (Å²) >= 11 is 5.94. The predicted molar refractivity (Wildman–Crippen MR) is 86.8 cm³/mol. The molecule has 0 spiro atoms. The van der Waals surface area contributed by atoms with Crippen LogP contribution in [0.1, 0.15) is 10.4 Å². The minimum Gasteiger partial charge on any atom is -0.486 e. The van der Waals surface area contributed by atoms with Crippen LogP contribution in [0.25, 0.3) is 0 Å². The first-order valence-corrected chi connectivity index (χ1v) is 7.53. The number of fused-ring (bicyclic) bond motifs is 1. The first kappa shape index (κ1) is 16.1. The maximum atomic E-state index is 12.2. The van der Waals surface area contributed by atoms with E-state index in [1.165, 1.54) is 12.1 Å². The molecule has 7 nitrogen and oxygen atoms in total. The van der Waals surface area contributed by atoms with Gasteiger partial charge in [0, 0.05) is 12.1 Å². The van der Waals surface area contributed by atoms with E-state index in [0.29, 0.717) is 18.1 Å². The number of ether oxygens (including phenoxy) is 2. The van der Waals surface area contributed by atoms with Crippen LogP contribution in [0, 0.1) is 10.1 Å². The van der Waals surface area contributed by atoms with Crippen molar-refractivity contribution < 1.29 is 19.2 Å². The van der Waals surface area contributed by atoms with Gasteiger partial charge in [-0.2, -0.15) is 0 Å². The molecule has 1 aliphatic rings. The molecule has 1 amide bonds. The number of benzene rings is 2. The smallest absolute Gasteiger partial charge is 0.270 e. The fourth-order valence-corrected chi connectivity index (χ4v) is 2.53. The van der Waals surface area contributed by atoms with Gasteiger partial charge in [-0.05, 0) is 18.2 Å². The standard InChI is InChI=1S/C16H13ClN2O5/c17-13-7-10(19(21)22)5-6-12(13)16(20)18-8-11-9-23-14-3-1-2-4-15(14)24-11/h1-7,11H,8-9H2,(H,18,20). The van der Waals surface area contributed by atoms with E-state index in [2.05, 4.69) is 5.32 Å². The molecule has 24 heavy (non-hydrogen) atoms. The normalized spacial score (nSPS) is 15.6. The predicted octanol–water partition coefficient (Wildman–Crippen LogP) is 2.82. The molecular formula is C16H13ClN2O5. The van der Waals surface area contributed by atoms with Crippen LogP contribution in [-0.4, -0.2) is 30.1 Å². The molecule has 1 N–H and O–H groups in total. The van der Waals surface area contributed by atoms with Gasteiger partial charge >= 0.3 is 0 Å². The quantitative estimate of drug-likeness (QED) is 0.677. The second-order valence-electron chi connectivity index (χ2n) is 5.13. The van der Waals surface area contributed by atoms with E-state index in [1.807, 2.05) is 12.1 Å². The third kappa shape index (κ3) is 3.41.